The molecule has 0 saturated carbocycles. The smallest absolute Gasteiger partial charge is 0.0798 e. The largest absolute Gasteiger partial charge is 0.316 e. The van der Waals surface area contributed by atoms with Gasteiger partial charge in [-0.15, -0.1) is 11.3 Å². The average Bonchev–Trinajstić information content (AvgIpc) is 2.74. The molecule has 0 aliphatic rings. The zero-order valence-corrected chi connectivity index (χ0v) is 14.8. The molecule has 116 valence electrons. The molecule has 1 aromatic rings. The van der Waals surface area contributed by atoms with Crippen LogP contribution in [0.2, 0.25) is 0 Å². The Morgan fingerprint density at radius 1 is 1.45 bits per heavy atom. The Balaban J connectivity index is 2.47. The quantitative estimate of drug-likeness (QED) is 0.755. The number of aryl methyl sites for hydroxylation is 1. The van der Waals surface area contributed by atoms with Gasteiger partial charge >= 0.3 is 0 Å². The standard InChI is InChI=1S/C16H31N3S/c1-7-16(5,10-17-8-13(2)3)11-19(6)9-15-14(4)18-12-20-15/h12-13,17H,7-11H2,1-6H3. The van der Waals surface area contributed by atoms with Gasteiger partial charge in [-0.3, -0.25) is 0 Å². The highest BCUT2D eigenvalue weighted by Crippen LogP contribution is 2.23. The van der Waals surface area contributed by atoms with Gasteiger partial charge in [-0.05, 0) is 38.3 Å². The first-order valence-electron chi connectivity index (χ1n) is 7.64. The van der Waals surface area contributed by atoms with E-state index in [0.29, 0.717) is 11.3 Å². The van der Waals surface area contributed by atoms with Crippen LogP contribution in [0.4, 0.5) is 0 Å². The van der Waals surface area contributed by atoms with Crippen LogP contribution in [0.5, 0.6) is 0 Å². The van der Waals surface area contributed by atoms with Crippen molar-refractivity contribution in [1.29, 1.82) is 0 Å². The van der Waals surface area contributed by atoms with Gasteiger partial charge < -0.3 is 10.2 Å². The Morgan fingerprint density at radius 2 is 2.15 bits per heavy atom. The summed E-state index contributed by atoms with van der Waals surface area (Å²) in [4.78, 5) is 8.16. The number of hydrogen-bond donors (Lipinski definition) is 1. The topological polar surface area (TPSA) is 28.2 Å². The van der Waals surface area contributed by atoms with E-state index in [1.54, 1.807) is 11.3 Å². The third-order valence-corrected chi connectivity index (χ3v) is 4.79. The van der Waals surface area contributed by atoms with Gasteiger partial charge in [-0.2, -0.15) is 0 Å². The molecule has 1 aromatic heterocycles. The van der Waals surface area contributed by atoms with E-state index in [1.807, 2.05) is 5.51 Å². The molecule has 1 rings (SSSR count). The summed E-state index contributed by atoms with van der Waals surface area (Å²) in [5, 5.41) is 3.62. The zero-order chi connectivity index (χ0) is 15.2. The molecule has 0 aliphatic heterocycles. The summed E-state index contributed by atoms with van der Waals surface area (Å²) >= 11 is 1.76. The summed E-state index contributed by atoms with van der Waals surface area (Å²) in [7, 11) is 2.22. The summed E-state index contributed by atoms with van der Waals surface area (Å²) in [5.74, 6) is 0.716. The Bertz CT molecular complexity index is 389. The van der Waals surface area contributed by atoms with Crippen molar-refractivity contribution in [2.75, 3.05) is 26.7 Å². The molecule has 0 spiro atoms. The van der Waals surface area contributed by atoms with Crippen LogP contribution in [0.1, 0.15) is 44.7 Å². The lowest BCUT2D eigenvalue weighted by atomic mass is 9.86. The molecule has 0 amide bonds. The van der Waals surface area contributed by atoms with Gasteiger partial charge in [0.15, 0.2) is 0 Å². The molecule has 4 heteroatoms. The van der Waals surface area contributed by atoms with E-state index in [4.69, 9.17) is 0 Å². The third-order valence-electron chi connectivity index (χ3n) is 3.87. The van der Waals surface area contributed by atoms with E-state index in [0.717, 1.165) is 26.2 Å². The predicted octanol–water partition coefficient (Wildman–Crippen LogP) is 3.55. The van der Waals surface area contributed by atoms with Crippen molar-refractivity contribution < 1.29 is 0 Å². The van der Waals surface area contributed by atoms with Crippen molar-refractivity contribution in [3.8, 4) is 0 Å². The number of rotatable bonds is 9. The minimum Gasteiger partial charge on any atom is -0.316 e. The van der Waals surface area contributed by atoms with Crippen LogP contribution in [0, 0.1) is 18.3 Å². The zero-order valence-electron chi connectivity index (χ0n) is 14.0. The molecule has 0 saturated heterocycles. The number of nitrogens with one attached hydrogen (secondary N) is 1. The van der Waals surface area contributed by atoms with Crippen molar-refractivity contribution in [2.45, 2.75) is 47.6 Å². The molecule has 3 nitrogen and oxygen atoms in total. The van der Waals surface area contributed by atoms with Gasteiger partial charge in [0, 0.05) is 24.5 Å². The number of nitrogens with zero attached hydrogens (tertiary/aromatic N) is 2. The lowest BCUT2D eigenvalue weighted by Gasteiger charge is -2.33. The van der Waals surface area contributed by atoms with Crippen molar-refractivity contribution in [3.05, 3.63) is 16.1 Å². The highest BCUT2D eigenvalue weighted by molar-refractivity contribution is 7.09. The molecule has 1 unspecified atom stereocenters. The fourth-order valence-corrected chi connectivity index (χ4v) is 3.24. The molecule has 1 heterocycles. The Hall–Kier alpha value is -0.450. The van der Waals surface area contributed by atoms with E-state index < -0.39 is 0 Å². The lowest BCUT2D eigenvalue weighted by molar-refractivity contribution is 0.174. The summed E-state index contributed by atoms with van der Waals surface area (Å²) in [6, 6.07) is 0. The van der Waals surface area contributed by atoms with E-state index in [-0.39, 0.29) is 0 Å². The van der Waals surface area contributed by atoms with E-state index in [1.165, 1.54) is 17.0 Å². The highest BCUT2D eigenvalue weighted by Gasteiger charge is 2.24. The molecule has 1 atom stereocenters. The molecule has 20 heavy (non-hydrogen) atoms. The van der Waals surface area contributed by atoms with Crippen molar-refractivity contribution in [2.24, 2.45) is 11.3 Å². The number of thiazole rings is 1. The predicted molar refractivity (Wildman–Crippen MR) is 89.3 cm³/mol. The SMILES string of the molecule is CCC(C)(CNCC(C)C)CN(C)Cc1scnc1C. The van der Waals surface area contributed by atoms with Gasteiger partial charge in [-0.1, -0.05) is 27.7 Å². The Morgan fingerprint density at radius 3 is 2.65 bits per heavy atom. The van der Waals surface area contributed by atoms with Gasteiger partial charge in [0.05, 0.1) is 11.2 Å². The maximum Gasteiger partial charge on any atom is 0.0798 e. The van der Waals surface area contributed by atoms with Gasteiger partial charge in [0.25, 0.3) is 0 Å². The fourth-order valence-electron chi connectivity index (χ4n) is 2.39. The molecule has 0 aliphatic carbocycles. The van der Waals surface area contributed by atoms with Crippen LogP contribution in [0.3, 0.4) is 0 Å². The summed E-state index contributed by atoms with van der Waals surface area (Å²) in [6.45, 7) is 15.6. The van der Waals surface area contributed by atoms with E-state index >= 15 is 0 Å². The normalized spacial score (nSPS) is 15.0. The van der Waals surface area contributed by atoms with Gasteiger partial charge in [0.1, 0.15) is 0 Å². The second-order valence-electron chi connectivity index (χ2n) is 6.72. The average molecular weight is 298 g/mol. The first-order chi connectivity index (χ1) is 9.36. The summed E-state index contributed by atoms with van der Waals surface area (Å²) in [5.41, 5.74) is 3.46. The van der Waals surface area contributed by atoms with Crippen LogP contribution in [0.25, 0.3) is 0 Å². The van der Waals surface area contributed by atoms with E-state index in [2.05, 4.69) is 56.9 Å². The van der Waals surface area contributed by atoms with Gasteiger partial charge in [-0.25, -0.2) is 4.98 Å². The third kappa shape index (κ3) is 5.90. The summed E-state index contributed by atoms with van der Waals surface area (Å²) < 4.78 is 0. The molecule has 0 aromatic carbocycles. The monoisotopic (exact) mass is 297 g/mol. The molecule has 1 N–H and O–H groups in total. The number of hydrogen-bond acceptors (Lipinski definition) is 4. The van der Waals surface area contributed by atoms with Crippen molar-refractivity contribution in [3.63, 3.8) is 0 Å². The second-order valence-corrected chi connectivity index (χ2v) is 7.66. The summed E-state index contributed by atoms with van der Waals surface area (Å²) in [6.07, 6.45) is 1.20. The highest BCUT2D eigenvalue weighted by atomic mass is 32.1. The molecular weight excluding hydrogens is 266 g/mol. The molecular formula is C16H31N3S. The van der Waals surface area contributed by atoms with Crippen LogP contribution >= 0.6 is 11.3 Å². The van der Waals surface area contributed by atoms with Gasteiger partial charge in [0.2, 0.25) is 0 Å². The molecule has 0 fully saturated rings. The minimum atomic E-state index is 0.336. The molecule has 0 radical (unpaired) electrons. The second kappa shape index (κ2) is 8.11. The first kappa shape index (κ1) is 17.6. The number of aromatic nitrogens is 1. The van der Waals surface area contributed by atoms with Crippen LogP contribution < -0.4 is 5.32 Å². The fraction of sp³-hybridized carbons (Fsp3) is 0.812. The lowest BCUT2D eigenvalue weighted by Crippen LogP contribution is -2.41. The molecule has 0 bridgehead atoms. The Labute approximate surface area is 128 Å². The van der Waals surface area contributed by atoms with Crippen molar-refractivity contribution in [1.82, 2.24) is 15.2 Å². The van der Waals surface area contributed by atoms with Crippen LogP contribution in [0.15, 0.2) is 5.51 Å². The maximum atomic E-state index is 4.33. The van der Waals surface area contributed by atoms with Crippen molar-refractivity contribution >= 4 is 11.3 Å². The maximum absolute atomic E-state index is 4.33. The first-order valence-corrected chi connectivity index (χ1v) is 8.52. The Kier molecular flexibility index (Phi) is 7.13. The van der Waals surface area contributed by atoms with Crippen LogP contribution in [-0.2, 0) is 6.54 Å². The van der Waals surface area contributed by atoms with Crippen LogP contribution in [-0.4, -0.2) is 36.6 Å². The minimum absolute atomic E-state index is 0.336. The van der Waals surface area contributed by atoms with E-state index in [9.17, 15) is 0 Å².